The highest BCUT2D eigenvalue weighted by Crippen LogP contribution is 2.28. The Hall–Kier alpha value is -0.370. The molecule has 3 atom stereocenters. The summed E-state index contributed by atoms with van der Waals surface area (Å²) in [5.74, 6) is 1.34. The molecule has 0 aromatic rings. The molecule has 1 aliphatic rings. The molecule has 1 saturated carbocycles. The minimum atomic E-state index is 0.199. The van der Waals surface area contributed by atoms with E-state index in [-0.39, 0.29) is 17.9 Å². The number of carbonyl (C=O) groups is 1. The van der Waals surface area contributed by atoms with E-state index in [0.717, 1.165) is 25.7 Å². The van der Waals surface area contributed by atoms with Gasteiger partial charge in [0.05, 0.1) is 0 Å². The summed E-state index contributed by atoms with van der Waals surface area (Å²) >= 11 is 0. The standard InChI is InChI=1S/C12H23NO/c1-8(2)9(3)12(14)10-5-4-6-11(13)7-10/h8-11H,4-7,13H2,1-3H3. The van der Waals surface area contributed by atoms with E-state index in [1.807, 2.05) is 6.92 Å². The maximum absolute atomic E-state index is 12.0. The Morgan fingerprint density at radius 2 is 1.93 bits per heavy atom. The van der Waals surface area contributed by atoms with Gasteiger partial charge < -0.3 is 5.73 Å². The summed E-state index contributed by atoms with van der Waals surface area (Å²) in [6.07, 6.45) is 4.20. The van der Waals surface area contributed by atoms with E-state index >= 15 is 0 Å². The molecule has 0 aliphatic heterocycles. The number of hydrogen-bond acceptors (Lipinski definition) is 2. The summed E-state index contributed by atoms with van der Waals surface area (Å²) < 4.78 is 0. The normalized spacial score (nSPS) is 30.4. The average molecular weight is 197 g/mol. The van der Waals surface area contributed by atoms with Gasteiger partial charge in [-0.3, -0.25) is 4.79 Å². The molecule has 0 radical (unpaired) electrons. The number of ketones is 1. The Morgan fingerprint density at radius 1 is 1.29 bits per heavy atom. The van der Waals surface area contributed by atoms with Crippen molar-refractivity contribution in [2.24, 2.45) is 23.5 Å². The van der Waals surface area contributed by atoms with Crippen LogP contribution in [0.2, 0.25) is 0 Å². The third kappa shape index (κ3) is 2.81. The molecule has 2 heteroatoms. The molecule has 0 saturated heterocycles. The lowest BCUT2D eigenvalue weighted by Crippen LogP contribution is -2.34. The van der Waals surface area contributed by atoms with Gasteiger partial charge in [0.1, 0.15) is 5.78 Å². The molecule has 0 aromatic carbocycles. The predicted molar refractivity (Wildman–Crippen MR) is 58.9 cm³/mol. The van der Waals surface area contributed by atoms with Crippen LogP contribution in [0.5, 0.6) is 0 Å². The topological polar surface area (TPSA) is 43.1 Å². The fourth-order valence-corrected chi connectivity index (χ4v) is 2.19. The first-order valence-electron chi connectivity index (χ1n) is 5.81. The molecule has 2 N–H and O–H groups in total. The van der Waals surface area contributed by atoms with Crippen LogP contribution in [0.4, 0.5) is 0 Å². The van der Waals surface area contributed by atoms with Crippen molar-refractivity contribution < 1.29 is 4.79 Å². The van der Waals surface area contributed by atoms with E-state index in [1.165, 1.54) is 0 Å². The zero-order valence-corrected chi connectivity index (χ0v) is 9.62. The molecule has 0 spiro atoms. The SMILES string of the molecule is CC(C)C(C)C(=O)C1CCCC(N)C1. The Bertz CT molecular complexity index is 200. The minimum absolute atomic E-state index is 0.199. The fraction of sp³-hybridized carbons (Fsp3) is 0.917. The Labute approximate surface area is 87.2 Å². The van der Waals surface area contributed by atoms with Gasteiger partial charge in [0.25, 0.3) is 0 Å². The van der Waals surface area contributed by atoms with E-state index in [2.05, 4.69) is 13.8 Å². The van der Waals surface area contributed by atoms with E-state index in [9.17, 15) is 4.79 Å². The van der Waals surface area contributed by atoms with Crippen molar-refractivity contribution in [3.63, 3.8) is 0 Å². The van der Waals surface area contributed by atoms with Gasteiger partial charge in [0.15, 0.2) is 0 Å². The molecule has 1 aliphatic carbocycles. The van der Waals surface area contributed by atoms with E-state index < -0.39 is 0 Å². The average Bonchev–Trinajstić information content (AvgIpc) is 2.15. The van der Waals surface area contributed by atoms with Crippen LogP contribution in [0, 0.1) is 17.8 Å². The predicted octanol–water partition coefficient (Wildman–Crippen LogP) is 2.37. The minimum Gasteiger partial charge on any atom is -0.328 e. The number of nitrogens with two attached hydrogens (primary N) is 1. The maximum Gasteiger partial charge on any atom is 0.139 e. The zero-order chi connectivity index (χ0) is 10.7. The molecular weight excluding hydrogens is 174 g/mol. The monoisotopic (exact) mass is 197 g/mol. The summed E-state index contributed by atoms with van der Waals surface area (Å²) in [4.78, 5) is 12.0. The van der Waals surface area contributed by atoms with Crippen molar-refractivity contribution in [2.75, 3.05) is 0 Å². The first-order valence-corrected chi connectivity index (χ1v) is 5.81. The highest BCUT2D eigenvalue weighted by atomic mass is 16.1. The molecule has 0 aromatic heterocycles. The smallest absolute Gasteiger partial charge is 0.139 e. The van der Waals surface area contributed by atoms with Crippen molar-refractivity contribution in [1.82, 2.24) is 0 Å². The van der Waals surface area contributed by atoms with E-state index in [0.29, 0.717) is 11.7 Å². The van der Waals surface area contributed by atoms with Gasteiger partial charge in [0.2, 0.25) is 0 Å². The molecule has 3 unspecified atom stereocenters. The van der Waals surface area contributed by atoms with Gasteiger partial charge in [-0.25, -0.2) is 0 Å². The largest absolute Gasteiger partial charge is 0.328 e. The zero-order valence-electron chi connectivity index (χ0n) is 9.62. The lowest BCUT2D eigenvalue weighted by molar-refractivity contribution is -0.128. The van der Waals surface area contributed by atoms with Crippen molar-refractivity contribution >= 4 is 5.78 Å². The summed E-state index contributed by atoms with van der Waals surface area (Å²) in [5.41, 5.74) is 5.89. The number of carbonyl (C=O) groups excluding carboxylic acids is 1. The quantitative estimate of drug-likeness (QED) is 0.754. The molecule has 0 amide bonds. The Morgan fingerprint density at radius 3 is 2.43 bits per heavy atom. The van der Waals surface area contributed by atoms with Crippen LogP contribution in [-0.4, -0.2) is 11.8 Å². The lowest BCUT2D eigenvalue weighted by atomic mass is 9.77. The van der Waals surface area contributed by atoms with E-state index in [4.69, 9.17) is 5.73 Å². The Kier molecular flexibility index (Phi) is 4.11. The fourth-order valence-electron chi connectivity index (χ4n) is 2.19. The van der Waals surface area contributed by atoms with Crippen molar-refractivity contribution in [3.8, 4) is 0 Å². The molecule has 82 valence electrons. The Balaban J connectivity index is 2.51. The van der Waals surface area contributed by atoms with Crippen LogP contribution < -0.4 is 5.73 Å². The molecule has 1 fully saturated rings. The van der Waals surface area contributed by atoms with Gasteiger partial charge in [-0.15, -0.1) is 0 Å². The number of Topliss-reactive ketones (excluding diaryl/α,β-unsaturated/α-hetero) is 1. The van der Waals surface area contributed by atoms with Crippen LogP contribution in [0.1, 0.15) is 46.5 Å². The second-order valence-electron chi connectivity index (χ2n) is 5.06. The molecular formula is C12H23NO. The third-order valence-electron chi connectivity index (χ3n) is 3.57. The van der Waals surface area contributed by atoms with Gasteiger partial charge in [0, 0.05) is 17.9 Å². The second-order valence-corrected chi connectivity index (χ2v) is 5.06. The van der Waals surface area contributed by atoms with Crippen LogP contribution in [-0.2, 0) is 4.79 Å². The van der Waals surface area contributed by atoms with Crippen LogP contribution in [0.15, 0.2) is 0 Å². The molecule has 0 heterocycles. The van der Waals surface area contributed by atoms with E-state index in [1.54, 1.807) is 0 Å². The van der Waals surface area contributed by atoms with Crippen LogP contribution in [0.3, 0.4) is 0 Å². The second kappa shape index (κ2) is 4.92. The lowest BCUT2D eigenvalue weighted by Gasteiger charge is -2.28. The summed E-state index contributed by atoms with van der Waals surface area (Å²) in [7, 11) is 0. The maximum atomic E-state index is 12.0. The highest BCUT2D eigenvalue weighted by Gasteiger charge is 2.29. The van der Waals surface area contributed by atoms with Crippen molar-refractivity contribution in [3.05, 3.63) is 0 Å². The molecule has 1 rings (SSSR count). The van der Waals surface area contributed by atoms with Gasteiger partial charge in [-0.1, -0.05) is 27.2 Å². The summed E-state index contributed by atoms with van der Waals surface area (Å²) in [5, 5.41) is 0. The van der Waals surface area contributed by atoms with Gasteiger partial charge >= 0.3 is 0 Å². The summed E-state index contributed by atoms with van der Waals surface area (Å²) in [6.45, 7) is 6.28. The highest BCUT2D eigenvalue weighted by molar-refractivity contribution is 5.83. The van der Waals surface area contributed by atoms with Crippen LogP contribution >= 0.6 is 0 Å². The summed E-state index contributed by atoms with van der Waals surface area (Å²) in [6, 6.07) is 0.261. The van der Waals surface area contributed by atoms with Gasteiger partial charge in [-0.2, -0.15) is 0 Å². The number of hydrogen-bond donors (Lipinski definition) is 1. The third-order valence-corrected chi connectivity index (χ3v) is 3.57. The van der Waals surface area contributed by atoms with Crippen LogP contribution in [0.25, 0.3) is 0 Å². The van der Waals surface area contributed by atoms with Gasteiger partial charge in [-0.05, 0) is 25.2 Å². The molecule has 0 bridgehead atoms. The first kappa shape index (κ1) is 11.7. The molecule has 2 nitrogen and oxygen atoms in total. The van der Waals surface area contributed by atoms with Crippen molar-refractivity contribution in [1.29, 1.82) is 0 Å². The number of rotatable bonds is 3. The first-order chi connectivity index (χ1) is 6.52. The van der Waals surface area contributed by atoms with Crippen molar-refractivity contribution in [2.45, 2.75) is 52.5 Å². The molecule has 14 heavy (non-hydrogen) atoms.